The third kappa shape index (κ3) is 5.87. The number of ether oxygens (including phenoxy) is 1. The molecular weight excluding hydrogens is 496 g/mol. The van der Waals surface area contributed by atoms with Gasteiger partial charge in [-0.1, -0.05) is 11.8 Å². The predicted octanol–water partition coefficient (Wildman–Crippen LogP) is 4.67. The number of hydrogen-bond donors (Lipinski definition) is 3. The fourth-order valence-electron chi connectivity index (χ4n) is 4.54. The number of esters is 1. The van der Waals surface area contributed by atoms with Crippen LogP contribution in [0.25, 0.3) is 11.6 Å². The lowest BCUT2D eigenvalue weighted by Crippen LogP contribution is -2.35. The van der Waals surface area contributed by atoms with E-state index in [1.54, 1.807) is 31.5 Å². The van der Waals surface area contributed by atoms with Gasteiger partial charge in [0.25, 0.3) is 0 Å². The predicted molar refractivity (Wildman–Crippen MR) is 150 cm³/mol. The van der Waals surface area contributed by atoms with Gasteiger partial charge in [-0.25, -0.2) is 14.8 Å². The van der Waals surface area contributed by atoms with E-state index in [1.165, 1.54) is 0 Å². The summed E-state index contributed by atoms with van der Waals surface area (Å²) in [4.78, 5) is 23.5. The largest absolute Gasteiger partial charge is 0.504 e. The van der Waals surface area contributed by atoms with Crippen molar-refractivity contribution in [1.29, 1.82) is 0 Å². The second-order valence-corrected chi connectivity index (χ2v) is 9.44. The molecule has 39 heavy (non-hydrogen) atoms. The summed E-state index contributed by atoms with van der Waals surface area (Å²) < 4.78 is 11.1. The van der Waals surface area contributed by atoms with Gasteiger partial charge in [0, 0.05) is 47.9 Å². The molecule has 2 aromatic heterocycles. The molecular formula is C30H30N4O5. The number of aliphatic hydroxyl groups excluding tert-OH is 1. The molecule has 1 aromatic carbocycles. The number of rotatable bonds is 6. The molecule has 0 aliphatic carbocycles. The lowest BCUT2D eigenvalue weighted by Gasteiger charge is -2.27. The van der Waals surface area contributed by atoms with Crippen LogP contribution in [0.5, 0.6) is 5.75 Å². The van der Waals surface area contributed by atoms with E-state index in [0.717, 1.165) is 42.6 Å². The maximum atomic E-state index is 12.8. The third-order valence-electron chi connectivity index (χ3n) is 6.67. The van der Waals surface area contributed by atoms with Crippen LogP contribution in [0.4, 0.5) is 17.4 Å². The topological polar surface area (TPSA) is 120 Å². The first kappa shape index (κ1) is 26.2. The van der Waals surface area contributed by atoms with Crippen molar-refractivity contribution in [2.45, 2.75) is 32.8 Å². The zero-order valence-corrected chi connectivity index (χ0v) is 21.9. The van der Waals surface area contributed by atoms with Crippen molar-refractivity contribution in [2.24, 2.45) is 4.99 Å². The number of carbonyl (C=O) groups excluding carboxylic acids is 1. The van der Waals surface area contributed by atoms with E-state index < -0.39 is 5.97 Å². The summed E-state index contributed by atoms with van der Waals surface area (Å²) in [5.74, 6) is 6.15. The average Bonchev–Trinajstić information content (AvgIpc) is 3.47. The highest BCUT2D eigenvalue weighted by Gasteiger charge is 2.27. The summed E-state index contributed by atoms with van der Waals surface area (Å²) in [5.41, 5.74) is 3.86. The van der Waals surface area contributed by atoms with Gasteiger partial charge >= 0.3 is 5.97 Å². The monoisotopic (exact) mass is 526 g/mol. The maximum Gasteiger partial charge on any atom is 0.347 e. The van der Waals surface area contributed by atoms with Gasteiger partial charge in [-0.15, -0.1) is 0 Å². The lowest BCUT2D eigenvalue weighted by atomic mass is 10.1. The number of anilines is 2. The number of allylic oxidation sites excluding steroid dienone is 1. The van der Waals surface area contributed by atoms with Crippen molar-refractivity contribution in [2.75, 3.05) is 31.6 Å². The summed E-state index contributed by atoms with van der Waals surface area (Å²) in [7, 11) is 0. The number of aliphatic imine (C=N–C) groups is 1. The van der Waals surface area contributed by atoms with E-state index in [-0.39, 0.29) is 35.7 Å². The molecule has 0 unspecified atom stereocenters. The second kappa shape index (κ2) is 11.6. The van der Waals surface area contributed by atoms with E-state index in [1.807, 2.05) is 31.2 Å². The van der Waals surface area contributed by atoms with Gasteiger partial charge in [0.2, 0.25) is 5.88 Å². The fourth-order valence-corrected chi connectivity index (χ4v) is 4.54. The van der Waals surface area contributed by atoms with Crippen LogP contribution in [-0.4, -0.2) is 64.6 Å². The molecule has 3 aromatic rings. The van der Waals surface area contributed by atoms with Crippen LogP contribution in [0.1, 0.15) is 52.6 Å². The Balaban J connectivity index is 1.38. The summed E-state index contributed by atoms with van der Waals surface area (Å²) in [6.45, 7) is 6.13. The Morgan fingerprint density at radius 3 is 2.90 bits per heavy atom. The number of pyridine rings is 1. The van der Waals surface area contributed by atoms with Crippen molar-refractivity contribution < 1.29 is 24.2 Å². The second-order valence-electron chi connectivity index (χ2n) is 9.44. The highest BCUT2D eigenvalue weighted by molar-refractivity contribution is 6.21. The van der Waals surface area contributed by atoms with Crippen LogP contribution < -0.4 is 5.32 Å². The Morgan fingerprint density at radius 2 is 2.13 bits per heavy atom. The number of benzene rings is 1. The first-order valence-electron chi connectivity index (χ1n) is 12.9. The number of fused-ring (bicyclic) bond motifs is 1. The molecule has 5 rings (SSSR count). The summed E-state index contributed by atoms with van der Waals surface area (Å²) in [5, 5.41) is 23.7. The van der Waals surface area contributed by atoms with E-state index in [2.05, 4.69) is 32.0 Å². The zero-order valence-electron chi connectivity index (χ0n) is 21.9. The minimum atomic E-state index is -0.696. The number of furan rings is 1. The summed E-state index contributed by atoms with van der Waals surface area (Å²) in [6.07, 6.45) is 6.28. The molecule has 1 fully saturated rings. The number of aromatic nitrogens is 1. The standard InChI is InChI=1S/C30H30N4O5/c1-3-38-30(37)26-27(36)25(17-21-18-32-28-23(21)7-4-12-31-28)39-29(26)33-24-9-8-20(16-19(24)2)6-5-13-34-14-10-22(35)11-15-34/h4,7-9,12,16-18,22,33,35-36H,3,10-11,13-15H2,1-2H3. The van der Waals surface area contributed by atoms with Gasteiger partial charge in [0.1, 0.15) is 0 Å². The average molecular weight is 527 g/mol. The molecule has 2 aliphatic heterocycles. The number of aromatic hydroxyl groups is 1. The quantitative estimate of drug-likeness (QED) is 0.313. The third-order valence-corrected chi connectivity index (χ3v) is 6.67. The molecule has 2 aliphatic rings. The molecule has 9 heteroatoms. The molecule has 1 saturated heterocycles. The SMILES string of the molecule is CCOC(=O)c1c(Nc2ccc(C#CCN3CCC(O)CC3)cc2C)oc(C=C2C=Nc3ncccc32)c1O. The fraction of sp³-hybridized carbons (Fsp3) is 0.300. The van der Waals surface area contributed by atoms with Crippen LogP contribution in [-0.2, 0) is 4.74 Å². The smallest absolute Gasteiger partial charge is 0.347 e. The highest BCUT2D eigenvalue weighted by atomic mass is 16.5. The van der Waals surface area contributed by atoms with Crippen LogP contribution >= 0.6 is 0 Å². The first-order chi connectivity index (χ1) is 18.9. The number of nitrogens with zero attached hydrogens (tertiary/aromatic N) is 3. The van der Waals surface area contributed by atoms with E-state index in [9.17, 15) is 15.0 Å². The number of aryl methyl sites for hydroxylation is 1. The van der Waals surface area contributed by atoms with Crippen molar-refractivity contribution in [3.63, 3.8) is 0 Å². The van der Waals surface area contributed by atoms with Crippen molar-refractivity contribution >= 4 is 41.2 Å². The molecule has 0 spiro atoms. The molecule has 9 nitrogen and oxygen atoms in total. The van der Waals surface area contributed by atoms with Crippen LogP contribution in [0.3, 0.4) is 0 Å². The number of nitrogens with one attached hydrogen (secondary N) is 1. The Kier molecular flexibility index (Phi) is 7.77. The van der Waals surface area contributed by atoms with Crippen LogP contribution in [0.2, 0.25) is 0 Å². The van der Waals surface area contributed by atoms with E-state index in [0.29, 0.717) is 23.6 Å². The molecule has 0 bridgehead atoms. The highest BCUT2D eigenvalue weighted by Crippen LogP contribution is 2.39. The van der Waals surface area contributed by atoms with Gasteiger partial charge in [-0.2, -0.15) is 0 Å². The van der Waals surface area contributed by atoms with Gasteiger partial charge in [0.15, 0.2) is 22.9 Å². The molecule has 0 saturated carbocycles. The Morgan fingerprint density at radius 1 is 1.31 bits per heavy atom. The molecule has 3 N–H and O–H groups in total. The van der Waals surface area contributed by atoms with Gasteiger partial charge in [-0.3, -0.25) is 4.90 Å². The normalized spacial score (nSPS) is 16.1. The van der Waals surface area contributed by atoms with Gasteiger partial charge in [0.05, 0.1) is 19.3 Å². The van der Waals surface area contributed by atoms with E-state index >= 15 is 0 Å². The Bertz CT molecular complexity index is 1500. The zero-order chi connectivity index (χ0) is 27.4. The van der Waals surface area contributed by atoms with Gasteiger partial charge < -0.3 is 24.7 Å². The maximum absolute atomic E-state index is 12.8. The minimum absolute atomic E-state index is 0.0772. The number of likely N-dealkylation sites (tertiary alicyclic amines) is 1. The van der Waals surface area contributed by atoms with Crippen molar-refractivity contribution in [3.05, 3.63) is 64.5 Å². The first-order valence-corrected chi connectivity index (χ1v) is 12.9. The minimum Gasteiger partial charge on any atom is -0.504 e. The summed E-state index contributed by atoms with van der Waals surface area (Å²) >= 11 is 0. The molecule has 0 amide bonds. The number of piperidine rings is 1. The number of hydrogen-bond acceptors (Lipinski definition) is 9. The van der Waals surface area contributed by atoms with Crippen molar-refractivity contribution in [3.8, 4) is 17.6 Å². The van der Waals surface area contributed by atoms with Crippen LogP contribution in [0.15, 0.2) is 45.9 Å². The number of aliphatic hydroxyl groups is 1. The van der Waals surface area contributed by atoms with Gasteiger partial charge in [-0.05, 0) is 68.7 Å². The number of carbonyl (C=O) groups is 1. The van der Waals surface area contributed by atoms with E-state index in [4.69, 9.17) is 9.15 Å². The lowest BCUT2D eigenvalue weighted by molar-refractivity contribution is 0.0524. The Hall–Kier alpha value is -4.39. The molecule has 200 valence electrons. The van der Waals surface area contributed by atoms with Crippen LogP contribution in [0, 0.1) is 18.8 Å². The molecule has 4 heterocycles. The van der Waals surface area contributed by atoms with Crippen molar-refractivity contribution in [1.82, 2.24) is 9.88 Å². The Labute approximate surface area is 226 Å². The molecule has 0 radical (unpaired) electrons. The summed E-state index contributed by atoms with van der Waals surface area (Å²) in [6, 6.07) is 9.36. The molecule has 0 atom stereocenters.